The minimum atomic E-state index is -0.790. The molecule has 0 aromatic heterocycles. The third-order valence-corrected chi connectivity index (χ3v) is 15.3. The molecule has 0 heterocycles. The maximum absolute atomic E-state index is 13.0. The summed E-state index contributed by atoms with van der Waals surface area (Å²) in [6.07, 6.45) is 96.8. The second-order valence-corrected chi connectivity index (χ2v) is 23.4. The summed E-state index contributed by atoms with van der Waals surface area (Å²) in [5.41, 5.74) is 0. The van der Waals surface area contributed by atoms with Crippen molar-refractivity contribution >= 4 is 17.9 Å². The molecule has 0 radical (unpaired) electrons. The number of ether oxygens (including phenoxy) is 3. The van der Waals surface area contributed by atoms with Gasteiger partial charge in [-0.2, -0.15) is 0 Å². The van der Waals surface area contributed by atoms with E-state index < -0.39 is 6.10 Å². The lowest BCUT2D eigenvalue weighted by Crippen LogP contribution is -2.30. The number of unbranched alkanes of at least 4 members (excludes halogenated alkanes) is 35. The monoisotopic (exact) mass is 1150 g/mol. The normalized spacial score (nSPS) is 12.8. The van der Waals surface area contributed by atoms with E-state index in [4.69, 9.17) is 14.2 Å². The lowest BCUT2D eigenvalue weighted by Gasteiger charge is -2.18. The van der Waals surface area contributed by atoms with Crippen LogP contribution in [0, 0.1) is 0 Å². The molecular weight excluding hydrogens is 1020 g/mol. The summed E-state index contributed by atoms with van der Waals surface area (Å²) in [4.78, 5) is 38.5. The molecule has 6 heteroatoms. The smallest absolute Gasteiger partial charge is 0.306 e. The third kappa shape index (κ3) is 68.7. The van der Waals surface area contributed by atoms with Crippen LogP contribution in [0.5, 0.6) is 0 Å². The molecule has 0 aliphatic carbocycles. The van der Waals surface area contributed by atoms with Gasteiger partial charge in [0.2, 0.25) is 0 Å². The predicted octanol–water partition coefficient (Wildman–Crippen LogP) is 24.6. The molecule has 0 aliphatic heterocycles. The van der Waals surface area contributed by atoms with Gasteiger partial charge >= 0.3 is 17.9 Å². The Morgan fingerprint density at radius 1 is 0.253 bits per heavy atom. The molecule has 0 aromatic rings. The summed E-state index contributed by atoms with van der Waals surface area (Å²) >= 11 is 0. The Hall–Kier alpha value is -3.93. The Labute approximate surface area is 514 Å². The fourth-order valence-corrected chi connectivity index (χ4v) is 10.1. The fraction of sp³-hybridized carbons (Fsp3) is 0.727. The van der Waals surface area contributed by atoms with E-state index in [2.05, 4.69) is 130 Å². The minimum Gasteiger partial charge on any atom is -0.462 e. The van der Waals surface area contributed by atoms with Crippen molar-refractivity contribution in [3.8, 4) is 0 Å². The molecule has 0 spiro atoms. The number of esters is 3. The van der Waals surface area contributed by atoms with Gasteiger partial charge in [-0.25, -0.2) is 0 Å². The van der Waals surface area contributed by atoms with Crippen molar-refractivity contribution in [3.05, 3.63) is 109 Å². The topological polar surface area (TPSA) is 78.9 Å². The number of hydrogen-bond acceptors (Lipinski definition) is 6. The van der Waals surface area contributed by atoms with Crippen molar-refractivity contribution in [1.29, 1.82) is 0 Å². The van der Waals surface area contributed by atoms with Gasteiger partial charge in [-0.1, -0.05) is 329 Å². The highest BCUT2D eigenvalue weighted by Crippen LogP contribution is 2.17. The van der Waals surface area contributed by atoms with Crippen molar-refractivity contribution in [2.45, 2.75) is 348 Å². The third-order valence-electron chi connectivity index (χ3n) is 15.3. The number of carbonyl (C=O) groups is 3. The largest absolute Gasteiger partial charge is 0.462 e. The molecule has 476 valence electrons. The Kier molecular flexibility index (Phi) is 67.2. The van der Waals surface area contributed by atoms with Crippen LogP contribution in [-0.4, -0.2) is 37.2 Å². The average Bonchev–Trinajstić information content (AvgIpc) is 3.50. The molecule has 0 saturated carbocycles. The first-order valence-corrected chi connectivity index (χ1v) is 35.4. The van der Waals surface area contributed by atoms with Crippen LogP contribution in [0.1, 0.15) is 342 Å². The number of hydrogen-bond donors (Lipinski definition) is 0. The lowest BCUT2D eigenvalue weighted by molar-refractivity contribution is -0.167. The first kappa shape index (κ1) is 79.1. The zero-order valence-corrected chi connectivity index (χ0v) is 54.7. The summed E-state index contributed by atoms with van der Waals surface area (Å²) in [5.74, 6) is -0.886. The molecule has 0 saturated heterocycles. The summed E-state index contributed by atoms with van der Waals surface area (Å²) in [7, 11) is 0. The molecule has 83 heavy (non-hydrogen) atoms. The number of rotatable bonds is 64. The van der Waals surface area contributed by atoms with Gasteiger partial charge in [0, 0.05) is 19.3 Å². The van der Waals surface area contributed by atoms with Gasteiger partial charge in [0.15, 0.2) is 6.10 Å². The SMILES string of the molecule is CC/C=C\C/C=C\C/C=C\C/C=C\C/C=C\CCCCCCCC(=O)OC(COC(=O)CCCCCCCCCCCCCCCC/C=C\C/C=C\C/C=C\C/C=C\CC)COC(=O)CCCCCCCCCCCCCCCCCCC. The van der Waals surface area contributed by atoms with Gasteiger partial charge in [0.05, 0.1) is 0 Å². The van der Waals surface area contributed by atoms with E-state index in [9.17, 15) is 14.4 Å². The lowest BCUT2D eigenvalue weighted by atomic mass is 10.0. The van der Waals surface area contributed by atoms with E-state index >= 15 is 0 Å². The molecule has 0 aromatic carbocycles. The zero-order chi connectivity index (χ0) is 59.9. The van der Waals surface area contributed by atoms with E-state index in [-0.39, 0.29) is 31.1 Å². The summed E-state index contributed by atoms with van der Waals surface area (Å²) < 4.78 is 17.0. The molecule has 6 nitrogen and oxygen atoms in total. The molecule has 1 unspecified atom stereocenters. The fourth-order valence-electron chi connectivity index (χ4n) is 10.1. The van der Waals surface area contributed by atoms with Crippen molar-refractivity contribution in [2.75, 3.05) is 13.2 Å². The van der Waals surface area contributed by atoms with E-state index in [1.807, 2.05) is 0 Å². The molecule has 1 atom stereocenters. The van der Waals surface area contributed by atoms with E-state index in [0.717, 1.165) is 135 Å². The highest BCUT2D eigenvalue weighted by Gasteiger charge is 2.19. The molecule has 0 fully saturated rings. The Balaban J connectivity index is 4.36. The second-order valence-electron chi connectivity index (χ2n) is 23.4. The molecule has 0 aliphatic rings. The van der Waals surface area contributed by atoms with Gasteiger partial charge in [-0.05, 0) is 103 Å². The van der Waals surface area contributed by atoms with Crippen molar-refractivity contribution < 1.29 is 28.6 Å². The van der Waals surface area contributed by atoms with Crippen LogP contribution in [0.2, 0.25) is 0 Å². The highest BCUT2D eigenvalue weighted by atomic mass is 16.6. The number of allylic oxidation sites excluding steroid dienone is 18. The van der Waals surface area contributed by atoms with Crippen LogP contribution in [0.25, 0.3) is 0 Å². The zero-order valence-electron chi connectivity index (χ0n) is 54.7. The first-order chi connectivity index (χ1) is 41.0. The van der Waals surface area contributed by atoms with Crippen molar-refractivity contribution in [2.24, 2.45) is 0 Å². The molecule has 0 N–H and O–H groups in total. The first-order valence-electron chi connectivity index (χ1n) is 35.4. The Morgan fingerprint density at radius 2 is 0.470 bits per heavy atom. The molecule has 0 rings (SSSR count). The van der Waals surface area contributed by atoms with E-state index in [0.29, 0.717) is 19.3 Å². The Bertz CT molecular complexity index is 1660. The minimum absolute atomic E-state index is 0.0830. The van der Waals surface area contributed by atoms with Crippen LogP contribution in [0.15, 0.2) is 109 Å². The van der Waals surface area contributed by atoms with Crippen LogP contribution in [-0.2, 0) is 28.6 Å². The summed E-state index contributed by atoms with van der Waals surface area (Å²) in [6, 6.07) is 0. The Morgan fingerprint density at radius 3 is 0.735 bits per heavy atom. The van der Waals surface area contributed by atoms with Crippen molar-refractivity contribution in [1.82, 2.24) is 0 Å². The van der Waals surface area contributed by atoms with Crippen molar-refractivity contribution in [3.63, 3.8) is 0 Å². The van der Waals surface area contributed by atoms with Gasteiger partial charge in [-0.15, -0.1) is 0 Å². The maximum atomic E-state index is 13.0. The number of carbonyl (C=O) groups excluding carboxylic acids is 3. The van der Waals surface area contributed by atoms with Gasteiger partial charge < -0.3 is 14.2 Å². The second kappa shape index (κ2) is 70.6. The van der Waals surface area contributed by atoms with Gasteiger partial charge in [-0.3, -0.25) is 14.4 Å². The van der Waals surface area contributed by atoms with Crippen LogP contribution in [0.4, 0.5) is 0 Å². The maximum Gasteiger partial charge on any atom is 0.306 e. The van der Waals surface area contributed by atoms with Crippen LogP contribution in [0.3, 0.4) is 0 Å². The van der Waals surface area contributed by atoms with E-state index in [1.54, 1.807) is 0 Å². The quantitative estimate of drug-likeness (QED) is 0.0261. The van der Waals surface area contributed by atoms with Crippen LogP contribution < -0.4 is 0 Å². The standard InChI is InChI=1S/C77H132O6/c1-4-7-10-13-16-19-22-25-28-31-33-35-36-37-38-39-40-42-43-46-49-52-55-58-61-64-67-70-76(79)82-73-74(72-81-75(78)69-66-63-60-57-54-51-48-45-30-27-24-21-18-15-12-9-6-3)83-77(80)71-68-65-62-59-56-53-50-47-44-41-34-32-29-26-23-20-17-14-11-8-5-2/h7-8,10-11,16-17,19-20,25-26,28-29,33-35,41,47,50,74H,4-6,9,12-15,18,21-24,27,30-32,36-40,42-46,48-49,51-73H2,1-3H3/b10-7-,11-8-,19-16-,20-17-,28-25-,29-26-,35-33-,41-34-,50-47-. The molecule has 0 bridgehead atoms. The molecular formula is C77H132O6. The predicted molar refractivity (Wildman–Crippen MR) is 362 cm³/mol. The summed E-state index contributed by atoms with van der Waals surface area (Å²) in [5, 5.41) is 0. The van der Waals surface area contributed by atoms with Gasteiger partial charge in [0.1, 0.15) is 13.2 Å². The highest BCUT2D eigenvalue weighted by molar-refractivity contribution is 5.71. The summed E-state index contributed by atoms with van der Waals surface area (Å²) in [6.45, 7) is 6.45. The average molecular weight is 1150 g/mol. The van der Waals surface area contributed by atoms with Crippen LogP contribution >= 0.6 is 0 Å². The molecule has 0 amide bonds. The van der Waals surface area contributed by atoms with Gasteiger partial charge in [0.25, 0.3) is 0 Å². The van der Waals surface area contributed by atoms with E-state index in [1.165, 1.54) is 167 Å².